The van der Waals surface area contributed by atoms with Gasteiger partial charge in [0.25, 0.3) is 0 Å². The molecule has 132 valence electrons. The van der Waals surface area contributed by atoms with Crippen molar-refractivity contribution in [3.05, 3.63) is 0 Å². The van der Waals surface area contributed by atoms with Crippen LogP contribution in [0, 0.1) is 12.3 Å². The second kappa shape index (κ2) is 10.5. The number of piperazine rings is 1. The maximum absolute atomic E-state index is 11.5. The number of carbonyl (C=O) groups is 1. The van der Waals surface area contributed by atoms with Gasteiger partial charge < -0.3 is 19.9 Å². The topological polar surface area (TPSA) is 44.8 Å². The van der Waals surface area contributed by atoms with E-state index >= 15 is 0 Å². The van der Waals surface area contributed by atoms with E-state index in [2.05, 4.69) is 21.0 Å². The number of ether oxygens (including phenoxy) is 1. The molecule has 1 fully saturated rings. The van der Waals surface area contributed by atoms with Gasteiger partial charge in [0.05, 0.1) is 0 Å². The highest BCUT2D eigenvalue weighted by molar-refractivity contribution is 5.67. The Morgan fingerprint density at radius 2 is 1.65 bits per heavy atom. The van der Waals surface area contributed by atoms with Crippen molar-refractivity contribution in [3.8, 4) is 12.3 Å². The number of alkyl carbamates (subject to hydrolysis) is 1. The molecule has 0 saturated carbocycles. The summed E-state index contributed by atoms with van der Waals surface area (Å²) in [5, 5.41) is 2.81. The summed E-state index contributed by atoms with van der Waals surface area (Å²) in [6.07, 6.45) is 9.13. The van der Waals surface area contributed by atoms with E-state index in [0.717, 1.165) is 58.5 Å². The van der Waals surface area contributed by atoms with Crippen molar-refractivity contribution in [2.75, 3.05) is 45.8 Å². The molecule has 1 aliphatic rings. The normalized spacial score (nSPS) is 16.8. The van der Waals surface area contributed by atoms with Gasteiger partial charge in [-0.1, -0.05) is 0 Å². The molecule has 5 heteroatoms. The van der Waals surface area contributed by atoms with Gasteiger partial charge in [0.1, 0.15) is 5.60 Å². The van der Waals surface area contributed by atoms with Crippen LogP contribution in [0.5, 0.6) is 0 Å². The Kier molecular flexibility index (Phi) is 9.05. The Labute approximate surface area is 141 Å². The fourth-order valence-corrected chi connectivity index (χ4v) is 2.61. The van der Waals surface area contributed by atoms with Crippen LogP contribution < -0.4 is 5.32 Å². The highest BCUT2D eigenvalue weighted by Gasteiger charge is 2.17. The van der Waals surface area contributed by atoms with Crippen molar-refractivity contribution in [3.63, 3.8) is 0 Å². The van der Waals surface area contributed by atoms with Crippen molar-refractivity contribution < 1.29 is 9.53 Å². The molecule has 0 aromatic rings. The molecule has 0 spiro atoms. The zero-order chi connectivity index (χ0) is 17.1. The molecule has 1 aliphatic heterocycles. The quantitative estimate of drug-likeness (QED) is 0.550. The SMILES string of the molecule is C#CCCCCN1CCN(CCCNC(=O)OC(C)(C)C)CC1. The van der Waals surface area contributed by atoms with Crippen molar-refractivity contribution in [2.24, 2.45) is 0 Å². The minimum Gasteiger partial charge on any atom is -0.444 e. The van der Waals surface area contributed by atoms with Crippen LogP contribution in [-0.4, -0.2) is 67.3 Å². The summed E-state index contributed by atoms with van der Waals surface area (Å²) in [7, 11) is 0. The molecule has 0 atom stereocenters. The third-order valence-electron chi connectivity index (χ3n) is 3.83. The summed E-state index contributed by atoms with van der Waals surface area (Å²) < 4.78 is 5.22. The molecule has 0 unspecified atom stereocenters. The first-order valence-corrected chi connectivity index (χ1v) is 8.76. The molecule has 1 N–H and O–H groups in total. The average Bonchev–Trinajstić information content (AvgIpc) is 2.48. The standard InChI is InChI=1S/C18H33N3O2/c1-5-6-7-8-11-20-13-15-21(16-14-20)12-9-10-19-17(22)23-18(2,3)4/h1H,6-16H2,2-4H3,(H,19,22). The van der Waals surface area contributed by atoms with Gasteiger partial charge in [0.2, 0.25) is 0 Å². The summed E-state index contributed by atoms with van der Waals surface area (Å²) in [4.78, 5) is 16.5. The largest absolute Gasteiger partial charge is 0.444 e. The minimum absolute atomic E-state index is 0.325. The van der Waals surface area contributed by atoms with Gasteiger partial charge in [0.15, 0.2) is 0 Å². The number of carbonyl (C=O) groups excluding carboxylic acids is 1. The van der Waals surface area contributed by atoms with Crippen LogP contribution in [0.15, 0.2) is 0 Å². The van der Waals surface area contributed by atoms with Crippen LogP contribution in [0.4, 0.5) is 4.79 Å². The predicted octanol–water partition coefficient (Wildman–Crippen LogP) is 2.32. The van der Waals surface area contributed by atoms with E-state index in [-0.39, 0.29) is 6.09 Å². The summed E-state index contributed by atoms with van der Waals surface area (Å²) in [5.74, 6) is 2.70. The van der Waals surface area contributed by atoms with E-state index in [0.29, 0.717) is 6.54 Å². The number of hydrogen-bond donors (Lipinski definition) is 1. The van der Waals surface area contributed by atoms with Gasteiger partial charge in [-0.3, -0.25) is 0 Å². The molecule has 1 rings (SSSR count). The van der Waals surface area contributed by atoms with Crippen LogP contribution in [0.25, 0.3) is 0 Å². The first-order chi connectivity index (χ1) is 10.9. The molecule has 1 heterocycles. The maximum atomic E-state index is 11.5. The molecule has 1 saturated heterocycles. The minimum atomic E-state index is -0.430. The highest BCUT2D eigenvalue weighted by atomic mass is 16.6. The number of hydrogen-bond acceptors (Lipinski definition) is 4. The second-order valence-corrected chi connectivity index (χ2v) is 7.13. The number of rotatable bonds is 8. The summed E-state index contributed by atoms with van der Waals surface area (Å²) in [6, 6.07) is 0. The monoisotopic (exact) mass is 323 g/mol. The van der Waals surface area contributed by atoms with Crippen LogP contribution in [0.3, 0.4) is 0 Å². The Bertz CT molecular complexity index is 377. The van der Waals surface area contributed by atoms with Crippen molar-refractivity contribution in [2.45, 2.75) is 52.1 Å². The number of terminal acetylenes is 1. The molecule has 0 aromatic carbocycles. The smallest absolute Gasteiger partial charge is 0.407 e. The third kappa shape index (κ3) is 10.2. The van der Waals surface area contributed by atoms with E-state index in [1.165, 1.54) is 6.42 Å². The van der Waals surface area contributed by atoms with Crippen LogP contribution in [0.2, 0.25) is 0 Å². The number of amides is 1. The van der Waals surface area contributed by atoms with Gasteiger partial charge in [-0.2, -0.15) is 0 Å². The van der Waals surface area contributed by atoms with Crippen LogP contribution in [-0.2, 0) is 4.74 Å². The average molecular weight is 323 g/mol. The van der Waals surface area contributed by atoms with Crippen molar-refractivity contribution in [1.82, 2.24) is 15.1 Å². The first kappa shape index (κ1) is 19.8. The summed E-state index contributed by atoms with van der Waals surface area (Å²) >= 11 is 0. The second-order valence-electron chi connectivity index (χ2n) is 7.13. The molecule has 0 bridgehead atoms. The van der Waals surface area contributed by atoms with Gasteiger partial charge >= 0.3 is 6.09 Å². The molecule has 5 nitrogen and oxygen atoms in total. The Hall–Kier alpha value is -1.25. The Morgan fingerprint density at radius 1 is 1.09 bits per heavy atom. The fourth-order valence-electron chi connectivity index (χ4n) is 2.61. The van der Waals surface area contributed by atoms with E-state index in [4.69, 9.17) is 11.2 Å². The zero-order valence-electron chi connectivity index (χ0n) is 15.1. The number of nitrogens with one attached hydrogen (secondary N) is 1. The van der Waals surface area contributed by atoms with Crippen LogP contribution >= 0.6 is 0 Å². The maximum Gasteiger partial charge on any atom is 0.407 e. The van der Waals surface area contributed by atoms with E-state index < -0.39 is 5.60 Å². The summed E-state index contributed by atoms with van der Waals surface area (Å²) in [6.45, 7) is 13.0. The molecule has 0 aromatic heterocycles. The lowest BCUT2D eigenvalue weighted by Gasteiger charge is -2.34. The lowest BCUT2D eigenvalue weighted by Crippen LogP contribution is -2.47. The van der Waals surface area contributed by atoms with Gasteiger partial charge in [0, 0.05) is 39.1 Å². The molecule has 1 amide bonds. The zero-order valence-corrected chi connectivity index (χ0v) is 15.1. The van der Waals surface area contributed by atoms with Crippen molar-refractivity contribution >= 4 is 6.09 Å². The lowest BCUT2D eigenvalue weighted by atomic mass is 10.2. The molecular weight excluding hydrogens is 290 g/mol. The Balaban J connectivity index is 2.02. The van der Waals surface area contributed by atoms with E-state index in [1.54, 1.807) is 0 Å². The van der Waals surface area contributed by atoms with Crippen LogP contribution in [0.1, 0.15) is 46.5 Å². The number of unbranched alkanes of at least 4 members (excludes halogenated alkanes) is 2. The molecule has 0 aliphatic carbocycles. The van der Waals surface area contributed by atoms with Gasteiger partial charge in [-0.15, -0.1) is 12.3 Å². The van der Waals surface area contributed by atoms with Crippen molar-refractivity contribution in [1.29, 1.82) is 0 Å². The number of nitrogens with zero attached hydrogens (tertiary/aromatic N) is 2. The first-order valence-electron chi connectivity index (χ1n) is 8.76. The molecular formula is C18H33N3O2. The highest BCUT2D eigenvalue weighted by Crippen LogP contribution is 2.07. The predicted molar refractivity (Wildman–Crippen MR) is 94.4 cm³/mol. The van der Waals surface area contributed by atoms with Gasteiger partial charge in [-0.25, -0.2) is 4.79 Å². The summed E-state index contributed by atoms with van der Waals surface area (Å²) in [5.41, 5.74) is -0.430. The van der Waals surface area contributed by atoms with E-state index in [9.17, 15) is 4.79 Å². The lowest BCUT2D eigenvalue weighted by molar-refractivity contribution is 0.0524. The Morgan fingerprint density at radius 3 is 2.17 bits per heavy atom. The van der Waals surface area contributed by atoms with E-state index in [1.807, 2.05) is 20.8 Å². The van der Waals surface area contributed by atoms with Gasteiger partial charge in [-0.05, 0) is 53.1 Å². The molecule has 0 radical (unpaired) electrons. The molecule has 23 heavy (non-hydrogen) atoms. The third-order valence-corrected chi connectivity index (χ3v) is 3.83. The fraction of sp³-hybridized carbons (Fsp3) is 0.833.